The molecule has 0 amide bonds. The summed E-state index contributed by atoms with van der Waals surface area (Å²) in [4.78, 5) is 13.0. The van der Waals surface area contributed by atoms with Crippen molar-refractivity contribution in [2.75, 3.05) is 4.90 Å². The lowest BCUT2D eigenvalue weighted by Gasteiger charge is -2.26. The Morgan fingerprint density at radius 1 is 0.365 bits per heavy atom. The maximum Gasteiger partial charge on any atom is 0.160 e. The van der Waals surface area contributed by atoms with Crippen molar-refractivity contribution in [2.45, 2.75) is 6.42 Å². The van der Waals surface area contributed by atoms with Crippen LogP contribution in [-0.4, -0.2) is 9.97 Å². The molecule has 2 heterocycles. The highest BCUT2D eigenvalue weighted by Crippen LogP contribution is 2.45. The molecule has 4 heteroatoms. The van der Waals surface area contributed by atoms with Crippen LogP contribution in [0.5, 0.6) is 0 Å². The maximum atomic E-state index is 5.31. The first-order chi connectivity index (χ1) is 31.2. The average molecular weight is 822 g/mol. The molecule has 0 fully saturated rings. The summed E-state index contributed by atoms with van der Waals surface area (Å²) in [7, 11) is 0. The van der Waals surface area contributed by atoms with Crippen molar-refractivity contribution >= 4 is 48.6 Å². The number of benzene rings is 9. The molecule has 0 N–H and O–H groups in total. The lowest BCUT2D eigenvalue weighted by Crippen LogP contribution is -2.09. The molecule has 12 rings (SSSR count). The molecular weight excluding hydrogens is 783 g/mol. The van der Waals surface area contributed by atoms with Gasteiger partial charge in [-0.3, -0.25) is 0 Å². The molecular formula is C59H39N3S. The van der Waals surface area contributed by atoms with E-state index in [4.69, 9.17) is 9.97 Å². The number of hydrogen-bond acceptors (Lipinski definition) is 4. The molecule has 0 aliphatic heterocycles. The van der Waals surface area contributed by atoms with Gasteiger partial charge in [-0.25, -0.2) is 9.97 Å². The van der Waals surface area contributed by atoms with Crippen LogP contribution in [-0.2, 0) is 6.42 Å². The van der Waals surface area contributed by atoms with Gasteiger partial charge in [0.1, 0.15) is 0 Å². The van der Waals surface area contributed by atoms with Crippen LogP contribution >= 0.6 is 11.3 Å². The quantitative estimate of drug-likeness (QED) is 0.153. The van der Waals surface area contributed by atoms with Crippen LogP contribution in [0.1, 0.15) is 11.1 Å². The first-order valence-electron chi connectivity index (χ1n) is 21.4. The van der Waals surface area contributed by atoms with E-state index in [-0.39, 0.29) is 0 Å². The van der Waals surface area contributed by atoms with Gasteiger partial charge < -0.3 is 4.90 Å². The van der Waals surface area contributed by atoms with E-state index in [1.807, 2.05) is 11.3 Å². The second-order valence-corrected chi connectivity index (χ2v) is 17.2. The van der Waals surface area contributed by atoms with Gasteiger partial charge in [0.15, 0.2) is 5.82 Å². The molecule has 0 radical (unpaired) electrons. The van der Waals surface area contributed by atoms with Crippen molar-refractivity contribution in [3.8, 4) is 67.3 Å². The molecule has 1 aliphatic carbocycles. The molecule has 0 bridgehead atoms. The van der Waals surface area contributed by atoms with Gasteiger partial charge in [0.05, 0.1) is 11.4 Å². The van der Waals surface area contributed by atoms with Crippen molar-refractivity contribution in [2.24, 2.45) is 0 Å². The second-order valence-electron chi connectivity index (χ2n) is 16.1. The summed E-state index contributed by atoms with van der Waals surface area (Å²) in [5.41, 5.74) is 18.3. The van der Waals surface area contributed by atoms with Crippen LogP contribution in [0.25, 0.3) is 87.5 Å². The highest BCUT2D eigenvalue weighted by Gasteiger charge is 2.26. The monoisotopic (exact) mass is 821 g/mol. The number of rotatable bonds is 8. The van der Waals surface area contributed by atoms with E-state index in [0.29, 0.717) is 0 Å². The topological polar surface area (TPSA) is 29.0 Å². The Kier molecular flexibility index (Phi) is 9.09. The molecule has 296 valence electrons. The third kappa shape index (κ3) is 6.69. The van der Waals surface area contributed by atoms with Gasteiger partial charge in [0.2, 0.25) is 0 Å². The maximum absolute atomic E-state index is 5.31. The largest absolute Gasteiger partial charge is 0.310 e. The number of hydrogen-bond donors (Lipinski definition) is 0. The SMILES string of the molecule is c1ccc(-c2ccc(N(c3ccc(-c4ccccc4)cc3)c3ccc4c(c3)sc3cccc(-c5cccc(-c6nc(-c7ccccc7)c7c(n6)-c6ccccc6C7)c5)c34)cc2)cc1. The second kappa shape index (κ2) is 15.5. The molecule has 0 atom stereocenters. The van der Waals surface area contributed by atoms with Crippen LogP contribution in [0.3, 0.4) is 0 Å². The zero-order valence-corrected chi connectivity index (χ0v) is 35.1. The number of aromatic nitrogens is 2. The van der Waals surface area contributed by atoms with Crippen LogP contribution in [0.15, 0.2) is 224 Å². The lowest BCUT2D eigenvalue weighted by molar-refractivity contribution is 1.13. The van der Waals surface area contributed by atoms with Crippen LogP contribution in [0.4, 0.5) is 17.1 Å². The van der Waals surface area contributed by atoms with Gasteiger partial charge in [0, 0.05) is 65.9 Å². The summed E-state index contributed by atoms with van der Waals surface area (Å²) in [6.07, 6.45) is 0.837. The molecule has 63 heavy (non-hydrogen) atoms. The fourth-order valence-corrected chi connectivity index (χ4v) is 10.4. The summed E-state index contributed by atoms with van der Waals surface area (Å²) in [5.74, 6) is 0.742. The van der Waals surface area contributed by atoms with Crippen molar-refractivity contribution < 1.29 is 0 Å². The molecule has 11 aromatic rings. The standard InChI is InChI=1S/C59H39N3S/c1-4-14-39(15-5-1)41-26-30-47(31-27-41)62(48-32-28-42(29-33-48)40-16-6-2-7-17-40)49-34-35-52-55(38-49)63-54-25-13-24-50(56(52)54)44-21-12-22-46(36-44)59-60-57(43-18-8-3-9-19-43)53-37-45-20-10-11-23-51(45)58(53)61-59/h1-36,38H,37H2. The van der Waals surface area contributed by atoms with Crippen LogP contribution in [0.2, 0.25) is 0 Å². The summed E-state index contributed by atoms with van der Waals surface area (Å²) >= 11 is 1.85. The van der Waals surface area contributed by atoms with E-state index >= 15 is 0 Å². The van der Waals surface area contributed by atoms with E-state index in [0.717, 1.165) is 57.4 Å². The van der Waals surface area contributed by atoms with Gasteiger partial charge in [-0.05, 0) is 87.5 Å². The highest BCUT2D eigenvalue weighted by atomic mass is 32.1. The average Bonchev–Trinajstić information content (AvgIpc) is 3.93. The summed E-state index contributed by atoms with van der Waals surface area (Å²) in [6.45, 7) is 0. The first-order valence-corrected chi connectivity index (χ1v) is 22.3. The van der Waals surface area contributed by atoms with Crippen LogP contribution < -0.4 is 4.90 Å². The number of thiophene rings is 1. The number of fused-ring (bicyclic) bond motifs is 6. The molecule has 2 aromatic heterocycles. The smallest absolute Gasteiger partial charge is 0.160 e. The van der Waals surface area contributed by atoms with E-state index in [1.54, 1.807) is 0 Å². The van der Waals surface area contributed by atoms with Gasteiger partial charge >= 0.3 is 0 Å². The van der Waals surface area contributed by atoms with Crippen molar-refractivity contribution in [3.63, 3.8) is 0 Å². The normalized spacial score (nSPS) is 11.7. The summed E-state index contributed by atoms with van der Waals surface area (Å²) in [6, 6.07) is 80.6. The lowest BCUT2D eigenvalue weighted by atomic mass is 9.97. The Morgan fingerprint density at radius 3 is 1.57 bits per heavy atom. The van der Waals surface area contributed by atoms with Crippen LogP contribution in [0, 0.1) is 0 Å². The van der Waals surface area contributed by atoms with E-state index in [1.165, 1.54) is 64.7 Å². The zero-order valence-electron chi connectivity index (χ0n) is 34.3. The van der Waals surface area contributed by atoms with E-state index < -0.39 is 0 Å². The number of anilines is 3. The predicted octanol–water partition coefficient (Wildman–Crippen LogP) is 16.2. The fourth-order valence-electron chi connectivity index (χ4n) is 9.27. The molecule has 0 saturated heterocycles. The molecule has 3 nitrogen and oxygen atoms in total. The highest BCUT2D eigenvalue weighted by molar-refractivity contribution is 7.26. The Morgan fingerprint density at radius 2 is 0.889 bits per heavy atom. The molecule has 0 unspecified atom stereocenters. The fraction of sp³-hybridized carbons (Fsp3) is 0.0169. The molecule has 0 saturated carbocycles. The Balaban J connectivity index is 0.951. The van der Waals surface area contributed by atoms with Gasteiger partial charge in [0.25, 0.3) is 0 Å². The Bertz CT molecular complexity index is 3370. The summed E-state index contributed by atoms with van der Waals surface area (Å²) in [5, 5.41) is 2.51. The Hall–Kier alpha value is -7.92. The minimum atomic E-state index is 0.742. The van der Waals surface area contributed by atoms with E-state index in [2.05, 4.69) is 229 Å². The molecule has 0 spiro atoms. The minimum absolute atomic E-state index is 0.742. The minimum Gasteiger partial charge on any atom is -0.310 e. The predicted molar refractivity (Wildman–Crippen MR) is 265 cm³/mol. The third-order valence-electron chi connectivity index (χ3n) is 12.3. The molecule has 9 aromatic carbocycles. The van der Waals surface area contributed by atoms with Gasteiger partial charge in [-0.2, -0.15) is 0 Å². The van der Waals surface area contributed by atoms with Crippen molar-refractivity contribution in [3.05, 3.63) is 236 Å². The zero-order chi connectivity index (χ0) is 41.7. The first kappa shape index (κ1) is 36.9. The number of nitrogens with zero attached hydrogens (tertiary/aromatic N) is 3. The molecule has 1 aliphatic rings. The van der Waals surface area contributed by atoms with Gasteiger partial charge in [-0.15, -0.1) is 11.3 Å². The van der Waals surface area contributed by atoms with Gasteiger partial charge in [-0.1, -0.05) is 176 Å². The Labute approximate surface area is 370 Å². The van der Waals surface area contributed by atoms with E-state index in [9.17, 15) is 0 Å². The summed E-state index contributed by atoms with van der Waals surface area (Å²) < 4.78 is 2.50. The third-order valence-corrected chi connectivity index (χ3v) is 13.4. The van der Waals surface area contributed by atoms with Crippen molar-refractivity contribution in [1.29, 1.82) is 0 Å². The van der Waals surface area contributed by atoms with Crippen molar-refractivity contribution in [1.82, 2.24) is 9.97 Å².